The van der Waals surface area contributed by atoms with Crippen LogP contribution in [-0.2, 0) is 6.54 Å². The monoisotopic (exact) mass is 369 g/mol. The van der Waals surface area contributed by atoms with Crippen molar-refractivity contribution in [2.24, 2.45) is 5.41 Å². The summed E-state index contributed by atoms with van der Waals surface area (Å²) >= 11 is 0. The summed E-state index contributed by atoms with van der Waals surface area (Å²) in [5, 5.41) is 0. The molecule has 27 heavy (non-hydrogen) atoms. The van der Waals surface area contributed by atoms with Crippen molar-refractivity contribution in [3.8, 4) is 0 Å². The van der Waals surface area contributed by atoms with Crippen LogP contribution in [0, 0.1) is 11.2 Å². The van der Waals surface area contributed by atoms with Crippen molar-refractivity contribution in [2.75, 3.05) is 26.2 Å². The lowest BCUT2D eigenvalue weighted by atomic mass is 9.77. The number of rotatable bonds is 3. The third-order valence-corrected chi connectivity index (χ3v) is 5.99. The lowest BCUT2D eigenvalue weighted by Crippen LogP contribution is -2.42. The standard InChI is InChI=1S/C21H24FN3O2/c22-17-12-18(19(26)23-13-17)20(27)25-11-8-21(15-25)6-9-24(10-7-21)14-16-4-2-1-3-5-16/h1-5,12-13H,6-11,14-15H2,(H,23,26). The van der Waals surface area contributed by atoms with Gasteiger partial charge in [-0.25, -0.2) is 4.39 Å². The van der Waals surface area contributed by atoms with Gasteiger partial charge in [-0.05, 0) is 49.4 Å². The van der Waals surface area contributed by atoms with E-state index in [1.54, 1.807) is 4.90 Å². The highest BCUT2D eigenvalue weighted by Gasteiger charge is 2.42. The number of pyridine rings is 1. The Morgan fingerprint density at radius 3 is 2.56 bits per heavy atom. The SMILES string of the molecule is O=C(c1cc(F)c[nH]c1=O)N1CCC2(CCN(Cc3ccccc3)CC2)C1. The summed E-state index contributed by atoms with van der Waals surface area (Å²) in [4.78, 5) is 31.0. The molecular weight excluding hydrogens is 345 g/mol. The second-order valence-electron chi connectivity index (χ2n) is 7.80. The Hall–Kier alpha value is -2.47. The van der Waals surface area contributed by atoms with Crippen molar-refractivity contribution in [1.82, 2.24) is 14.8 Å². The van der Waals surface area contributed by atoms with Gasteiger partial charge in [-0.2, -0.15) is 0 Å². The number of H-pyrrole nitrogens is 1. The summed E-state index contributed by atoms with van der Waals surface area (Å²) in [5.41, 5.74) is 0.818. The molecule has 1 amide bonds. The average Bonchev–Trinajstić information content (AvgIpc) is 3.10. The highest BCUT2D eigenvalue weighted by molar-refractivity contribution is 5.94. The molecule has 1 spiro atoms. The Morgan fingerprint density at radius 1 is 1.11 bits per heavy atom. The molecule has 0 bridgehead atoms. The molecule has 1 aromatic heterocycles. The van der Waals surface area contributed by atoms with E-state index < -0.39 is 11.4 Å². The minimum absolute atomic E-state index is 0.103. The van der Waals surface area contributed by atoms with E-state index in [1.165, 1.54) is 5.56 Å². The first-order valence-electron chi connectivity index (χ1n) is 9.49. The Bertz CT molecular complexity index is 872. The number of nitrogens with zero attached hydrogens (tertiary/aromatic N) is 2. The minimum atomic E-state index is -0.596. The number of hydrogen-bond donors (Lipinski definition) is 1. The van der Waals surface area contributed by atoms with Gasteiger partial charge < -0.3 is 9.88 Å². The fourth-order valence-electron chi connectivity index (χ4n) is 4.33. The van der Waals surface area contributed by atoms with E-state index in [-0.39, 0.29) is 16.9 Å². The zero-order chi connectivity index (χ0) is 18.9. The van der Waals surface area contributed by atoms with Gasteiger partial charge in [-0.15, -0.1) is 0 Å². The predicted molar refractivity (Wildman–Crippen MR) is 101 cm³/mol. The molecule has 0 saturated carbocycles. The van der Waals surface area contributed by atoms with E-state index in [9.17, 15) is 14.0 Å². The maximum absolute atomic E-state index is 13.4. The summed E-state index contributed by atoms with van der Waals surface area (Å²) in [6, 6.07) is 11.5. The maximum atomic E-state index is 13.4. The summed E-state index contributed by atoms with van der Waals surface area (Å²) in [7, 11) is 0. The van der Waals surface area contributed by atoms with Crippen LogP contribution in [0.5, 0.6) is 0 Å². The number of hydrogen-bond acceptors (Lipinski definition) is 3. The van der Waals surface area contributed by atoms with Gasteiger partial charge in [0, 0.05) is 25.8 Å². The number of aromatic amines is 1. The molecule has 5 nitrogen and oxygen atoms in total. The number of halogens is 1. The van der Waals surface area contributed by atoms with Gasteiger partial charge in [0.15, 0.2) is 0 Å². The molecule has 2 saturated heterocycles. The third kappa shape index (κ3) is 3.81. The van der Waals surface area contributed by atoms with E-state index in [0.29, 0.717) is 13.1 Å². The van der Waals surface area contributed by atoms with Crippen LogP contribution >= 0.6 is 0 Å². The zero-order valence-electron chi connectivity index (χ0n) is 15.3. The van der Waals surface area contributed by atoms with Crippen LogP contribution in [0.1, 0.15) is 35.2 Å². The second kappa shape index (κ2) is 7.27. The average molecular weight is 369 g/mol. The fraction of sp³-hybridized carbons (Fsp3) is 0.429. The van der Waals surface area contributed by atoms with Gasteiger partial charge in [0.1, 0.15) is 11.4 Å². The van der Waals surface area contributed by atoms with Crippen molar-refractivity contribution < 1.29 is 9.18 Å². The van der Waals surface area contributed by atoms with Crippen molar-refractivity contribution in [1.29, 1.82) is 0 Å². The van der Waals surface area contributed by atoms with Crippen molar-refractivity contribution >= 4 is 5.91 Å². The van der Waals surface area contributed by atoms with Crippen LogP contribution in [0.15, 0.2) is 47.4 Å². The molecule has 0 atom stereocenters. The van der Waals surface area contributed by atoms with Gasteiger partial charge in [0.2, 0.25) is 0 Å². The lowest BCUT2D eigenvalue weighted by Gasteiger charge is -2.39. The van der Waals surface area contributed by atoms with Crippen LogP contribution in [-0.4, -0.2) is 46.9 Å². The molecule has 0 radical (unpaired) electrons. The molecule has 3 heterocycles. The molecule has 1 aromatic carbocycles. The van der Waals surface area contributed by atoms with Gasteiger partial charge >= 0.3 is 0 Å². The normalized spacial score (nSPS) is 19.5. The first kappa shape index (κ1) is 17.9. The second-order valence-corrected chi connectivity index (χ2v) is 7.80. The summed E-state index contributed by atoms with van der Waals surface area (Å²) in [6.45, 7) is 4.27. The molecule has 1 N–H and O–H groups in total. The number of piperidine rings is 1. The molecule has 0 aliphatic carbocycles. The van der Waals surface area contributed by atoms with E-state index in [1.807, 2.05) is 6.07 Å². The first-order valence-corrected chi connectivity index (χ1v) is 9.49. The highest BCUT2D eigenvalue weighted by Crippen LogP contribution is 2.40. The smallest absolute Gasteiger partial charge is 0.260 e. The zero-order valence-corrected chi connectivity index (χ0v) is 15.3. The first-order chi connectivity index (χ1) is 13.0. The minimum Gasteiger partial charge on any atom is -0.338 e. The topological polar surface area (TPSA) is 56.4 Å². The summed E-state index contributed by atoms with van der Waals surface area (Å²) < 4.78 is 13.4. The molecule has 6 heteroatoms. The molecular formula is C21H24FN3O2. The lowest BCUT2D eigenvalue weighted by molar-refractivity contribution is 0.0711. The van der Waals surface area contributed by atoms with Crippen LogP contribution in [0.3, 0.4) is 0 Å². The Kier molecular flexibility index (Phi) is 4.83. The number of benzene rings is 1. The Morgan fingerprint density at radius 2 is 1.81 bits per heavy atom. The number of amides is 1. The Labute approximate surface area is 157 Å². The molecule has 2 aliphatic heterocycles. The number of carbonyl (C=O) groups is 1. The van der Waals surface area contributed by atoms with Gasteiger partial charge in [-0.1, -0.05) is 30.3 Å². The summed E-state index contributed by atoms with van der Waals surface area (Å²) in [6.07, 6.45) is 4.02. The number of aromatic nitrogens is 1. The van der Waals surface area contributed by atoms with E-state index >= 15 is 0 Å². The van der Waals surface area contributed by atoms with Crippen LogP contribution < -0.4 is 5.56 Å². The van der Waals surface area contributed by atoms with E-state index in [2.05, 4.69) is 34.1 Å². The molecule has 2 aliphatic rings. The largest absolute Gasteiger partial charge is 0.338 e. The van der Waals surface area contributed by atoms with Gasteiger partial charge in [0.25, 0.3) is 11.5 Å². The molecule has 0 unspecified atom stereocenters. The highest BCUT2D eigenvalue weighted by atomic mass is 19.1. The predicted octanol–water partition coefficient (Wildman–Crippen LogP) is 2.64. The molecule has 2 fully saturated rings. The summed E-state index contributed by atoms with van der Waals surface area (Å²) in [5.74, 6) is -0.958. The van der Waals surface area contributed by atoms with Crippen LogP contribution in [0.4, 0.5) is 4.39 Å². The number of carbonyl (C=O) groups excluding carboxylic acids is 1. The quantitative estimate of drug-likeness (QED) is 0.905. The number of likely N-dealkylation sites (tertiary alicyclic amines) is 2. The van der Waals surface area contributed by atoms with Crippen LogP contribution in [0.2, 0.25) is 0 Å². The van der Waals surface area contributed by atoms with Gasteiger partial charge in [-0.3, -0.25) is 14.5 Å². The molecule has 2 aromatic rings. The van der Waals surface area contributed by atoms with Gasteiger partial charge in [0.05, 0.1) is 0 Å². The molecule has 4 rings (SSSR count). The molecule has 142 valence electrons. The van der Waals surface area contributed by atoms with Crippen LogP contribution in [0.25, 0.3) is 0 Å². The third-order valence-electron chi connectivity index (χ3n) is 5.99. The van der Waals surface area contributed by atoms with E-state index in [4.69, 9.17) is 0 Å². The van der Waals surface area contributed by atoms with E-state index in [0.717, 1.165) is 51.2 Å². The van der Waals surface area contributed by atoms with Crippen molar-refractivity contribution in [2.45, 2.75) is 25.8 Å². The van der Waals surface area contributed by atoms with Crippen molar-refractivity contribution in [3.05, 3.63) is 69.9 Å². The Balaban J connectivity index is 1.37. The van der Waals surface area contributed by atoms with Crippen molar-refractivity contribution in [3.63, 3.8) is 0 Å². The fourth-order valence-corrected chi connectivity index (χ4v) is 4.33. The maximum Gasteiger partial charge on any atom is 0.260 e. The number of nitrogens with one attached hydrogen (secondary N) is 1.